The van der Waals surface area contributed by atoms with Gasteiger partial charge in [0.05, 0.1) is 6.10 Å². The standard InChI is InChI=1S/C17H25ClN2O3/c1-23-12-2-9-19-17(22)20-10-7-14(8-11-20)16(21)13-3-5-15(18)6-4-13/h3-6,14,16,21H,2,7-12H2,1H3,(H,19,22). The van der Waals surface area contributed by atoms with Crippen molar-refractivity contribution in [1.82, 2.24) is 10.2 Å². The van der Waals surface area contributed by atoms with Crippen molar-refractivity contribution in [3.8, 4) is 0 Å². The minimum atomic E-state index is -0.501. The number of ether oxygens (including phenoxy) is 1. The number of carbonyl (C=O) groups is 1. The number of hydrogen-bond donors (Lipinski definition) is 2. The van der Waals surface area contributed by atoms with Crippen molar-refractivity contribution in [2.45, 2.75) is 25.4 Å². The highest BCUT2D eigenvalue weighted by Gasteiger charge is 2.28. The van der Waals surface area contributed by atoms with E-state index in [0.717, 1.165) is 24.8 Å². The molecule has 6 heteroatoms. The summed E-state index contributed by atoms with van der Waals surface area (Å²) in [6.45, 7) is 2.62. The number of aliphatic hydroxyl groups is 1. The Balaban J connectivity index is 1.76. The topological polar surface area (TPSA) is 61.8 Å². The van der Waals surface area contributed by atoms with E-state index in [0.29, 0.717) is 31.3 Å². The van der Waals surface area contributed by atoms with E-state index in [4.69, 9.17) is 16.3 Å². The molecule has 0 aromatic heterocycles. The van der Waals surface area contributed by atoms with Crippen LogP contribution in [0.5, 0.6) is 0 Å². The number of aliphatic hydroxyl groups excluding tert-OH is 1. The molecule has 2 rings (SSSR count). The van der Waals surface area contributed by atoms with E-state index in [1.807, 2.05) is 17.0 Å². The molecule has 2 N–H and O–H groups in total. The van der Waals surface area contributed by atoms with E-state index >= 15 is 0 Å². The Kier molecular flexibility index (Phi) is 7.15. The van der Waals surface area contributed by atoms with Gasteiger partial charge in [-0.1, -0.05) is 23.7 Å². The Bertz CT molecular complexity index is 487. The lowest BCUT2D eigenvalue weighted by molar-refractivity contribution is 0.0664. The zero-order valence-electron chi connectivity index (χ0n) is 13.5. The van der Waals surface area contributed by atoms with E-state index in [2.05, 4.69) is 5.32 Å². The lowest BCUT2D eigenvalue weighted by Gasteiger charge is -2.34. The van der Waals surface area contributed by atoms with Crippen LogP contribution in [0, 0.1) is 5.92 Å². The second kappa shape index (κ2) is 9.11. The first-order valence-electron chi connectivity index (χ1n) is 8.07. The summed E-state index contributed by atoms with van der Waals surface area (Å²) >= 11 is 5.88. The van der Waals surface area contributed by atoms with Gasteiger partial charge in [0.15, 0.2) is 0 Å². The van der Waals surface area contributed by atoms with Crippen LogP contribution in [0.15, 0.2) is 24.3 Å². The van der Waals surface area contributed by atoms with Crippen LogP contribution in [0.25, 0.3) is 0 Å². The molecular weight excluding hydrogens is 316 g/mol. The Hall–Kier alpha value is -1.30. The summed E-state index contributed by atoms with van der Waals surface area (Å²) in [6, 6.07) is 7.29. The van der Waals surface area contributed by atoms with Gasteiger partial charge in [-0.3, -0.25) is 0 Å². The molecule has 2 amide bonds. The number of piperidine rings is 1. The number of carbonyl (C=O) groups excluding carboxylic acids is 1. The Morgan fingerprint density at radius 2 is 2.04 bits per heavy atom. The summed E-state index contributed by atoms with van der Waals surface area (Å²) in [4.78, 5) is 13.9. The van der Waals surface area contributed by atoms with Crippen molar-refractivity contribution in [2.75, 3.05) is 33.4 Å². The fraction of sp³-hybridized carbons (Fsp3) is 0.588. The fourth-order valence-electron chi connectivity index (χ4n) is 2.87. The van der Waals surface area contributed by atoms with E-state index in [9.17, 15) is 9.90 Å². The summed E-state index contributed by atoms with van der Waals surface area (Å²) < 4.78 is 4.96. The first-order valence-corrected chi connectivity index (χ1v) is 8.45. The molecule has 1 aromatic rings. The first-order chi connectivity index (χ1) is 11.1. The Labute approximate surface area is 142 Å². The maximum absolute atomic E-state index is 12.0. The Morgan fingerprint density at radius 1 is 1.39 bits per heavy atom. The summed E-state index contributed by atoms with van der Waals surface area (Å²) in [7, 11) is 1.65. The molecular formula is C17H25ClN2O3. The third-order valence-electron chi connectivity index (χ3n) is 4.29. The van der Waals surface area contributed by atoms with Gasteiger partial charge in [-0.2, -0.15) is 0 Å². The van der Waals surface area contributed by atoms with Gasteiger partial charge in [0.25, 0.3) is 0 Å². The second-order valence-electron chi connectivity index (χ2n) is 5.90. The van der Waals surface area contributed by atoms with Crippen LogP contribution in [0.3, 0.4) is 0 Å². The van der Waals surface area contributed by atoms with E-state index in [1.165, 1.54) is 0 Å². The summed E-state index contributed by atoms with van der Waals surface area (Å²) in [6.07, 6.45) is 1.91. The number of likely N-dealkylation sites (tertiary alicyclic amines) is 1. The monoisotopic (exact) mass is 340 g/mol. The molecule has 1 unspecified atom stereocenters. The molecule has 0 bridgehead atoms. The van der Waals surface area contributed by atoms with Crippen molar-refractivity contribution in [3.05, 3.63) is 34.9 Å². The molecule has 0 spiro atoms. The third kappa shape index (κ3) is 5.37. The van der Waals surface area contributed by atoms with Crippen molar-refractivity contribution < 1.29 is 14.6 Å². The highest BCUT2D eigenvalue weighted by molar-refractivity contribution is 6.30. The van der Waals surface area contributed by atoms with E-state index < -0.39 is 6.10 Å². The van der Waals surface area contributed by atoms with E-state index in [-0.39, 0.29) is 11.9 Å². The highest BCUT2D eigenvalue weighted by Crippen LogP contribution is 2.31. The van der Waals surface area contributed by atoms with Crippen molar-refractivity contribution in [2.24, 2.45) is 5.92 Å². The first kappa shape index (κ1) is 18.0. The quantitative estimate of drug-likeness (QED) is 0.783. The van der Waals surface area contributed by atoms with Crippen LogP contribution < -0.4 is 5.32 Å². The predicted octanol–water partition coefficient (Wildman–Crippen LogP) is 2.83. The summed E-state index contributed by atoms with van der Waals surface area (Å²) in [5, 5.41) is 14.1. The number of urea groups is 1. The maximum Gasteiger partial charge on any atom is 0.317 e. The number of benzene rings is 1. The third-order valence-corrected chi connectivity index (χ3v) is 4.54. The molecule has 128 valence electrons. The average molecular weight is 341 g/mol. The lowest BCUT2D eigenvalue weighted by Crippen LogP contribution is -2.45. The number of methoxy groups -OCH3 is 1. The fourth-order valence-corrected chi connectivity index (χ4v) is 3.00. The van der Waals surface area contributed by atoms with Gasteiger partial charge in [-0.05, 0) is 42.9 Å². The molecule has 5 nitrogen and oxygen atoms in total. The molecule has 1 aromatic carbocycles. The predicted molar refractivity (Wildman–Crippen MR) is 90.6 cm³/mol. The molecule has 23 heavy (non-hydrogen) atoms. The number of rotatable bonds is 6. The smallest absolute Gasteiger partial charge is 0.317 e. The maximum atomic E-state index is 12.0. The molecule has 1 heterocycles. The SMILES string of the molecule is COCCCNC(=O)N1CCC(C(O)c2ccc(Cl)cc2)CC1. The van der Waals surface area contributed by atoms with Crippen LogP contribution in [0.4, 0.5) is 4.79 Å². The molecule has 0 aliphatic carbocycles. The van der Waals surface area contributed by atoms with Gasteiger partial charge in [0.1, 0.15) is 0 Å². The van der Waals surface area contributed by atoms with Crippen LogP contribution in [-0.4, -0.2) is 49.4 Å². The lowest BCUT2D eigenvalue weighted by atomic mass is 9.87. The minimum absolute atomic E-state index is 0.0273. The second-order valence-corrected chi connectivity index (χ2v) is 6.34. The highest BCUT2D eigenvalue weighted by atomic mass is 35.5. The zero-order valence-corrected chi connectivity index (χ0v) is 14.3. The van der Waals surface area contributed by atoms with Gasteiger partial charge in [-0.15, -0.1) is 0 Å². The van der Waals surface area contributed by atoms with Crippen LogP contribution in [0.1, 0.15) is 30.9 Å². The van der Waals surface area contributed by atoms with Gasteiger partial charge >= 0.3 is 6.03 Å². The van der Waals surface area contributed by atoms with Crippen molar-refractivity contribution >= 4 is 17.6 Å². The number of nitrogens with zero attached hydrogens (tertiary/aromatic N) is 1. The van der Waals surface area contributed by atoms with Crippen molar-refractivity contribution in [3.63, 3.8) is 0 Å². The summed E-state index contributed by atoms with van der Waals surface area (Å²) in [5.74, 6) is 0.175. The number of hydrogen-bond acceptors (Lipinski definition) is 3. The largest absolute Gasteiger partial charge is 0.388 e. The molecule has 1 aliphatic heterocycles. The molecule has 0 radical (unpaired) electrons. The number of amides is 2. The number of nitrogens with one attached hydrogen (secondary N) is 1. The molecule has 1 atom stereocenters. The average Bonchev–Trinajstić information content (AvgIpc) is 2.59. The van der Waals surface area contributed by atoms with Crippen molar-refractivity contribution in [1.29, 1.82) is 0 Å². The van der Waals surface area contributed by atoms with Crippen LogP contribution in [-0.2, 0) is 4.74 Å². The molecule has 1 saturated heterocycles. The van der Waals surface area contributed by atoms with Gasteiger partial charge in [0.2, 0.25) is 0 Å². The normalized spacial score (nSPS) is 17.1. The van der Waals surface area contributed by atoms with Gasteiger partial charge in [-0.25, -0.2) is 4.79 Å². The van der Waals surface area contributed by atoms with E-state index in [1.54, 1.807) is 19.2 Å². The Morgan fingerprint density at radius 3 is 2.65 bits per heavy atom. The summed E-state index contributed by atoms with van der Waals surface area (Å²) in [5.41, 5.74) is 0.886. The molecule has 0 saturated carbocycles. The van der Waals surface area contributed by atoms with Crippen LogP contribution >= 0.6 is 11.6 Å². The van der Waals surface area contributed by atoms with Gasteiger partial charge < -0.3 is 20.1 Å². The molecule has 1 aliphatic rings. The van der Waals surface area contributed by atoms with Gasteiger partial charge in [0, 0.05) is 38.4 Å². The number of halogens is 1. The molecule has 1 fully saturated rings. The minimum Gasteiger partial charge on any atom is -0.388 e. The zero-order chi connectivity index (χ0) is 16.7. The van der Waals surface area contributed by atoms with Crippen LogP contribution in [0.2, 0.25) is 5.02 Å².